The maximum absolute atomic E-state index is 13.3. The molecule has 0 aliphatic heterocycles. The SMILES string of the molecule is Nc1cc(-c2nc(F)c(C(F)(F)F)cc2Cl)n[nH]1. The van der Waals surface area contributed by atoms with Crippen LogP contribution in [0.1, 0.15) is 5.56 Å². The summed E-state index contributed by atoms with van der Waals surface area (Å²) in [5.41, 5.74) is 3.66. The van der Waals surface area contributed by atoms with Crippen molar-refractivity contribution in [2.45, 2.75) is 6.18 Å². The zero-order chi connectivity index (χ0) is 13.5. The van der Waals surface area contributed by atoms with Gasteiger partial charge in [0.2, 0.25) is 5.95 Å². The van der Waals surface area contributed by atoms with Gasteiger partial charge in [0.25, 0.3) is 0 Å². The maximum atomic E-state index is 13.3. The van der Waals surface area contributed by atoms with E-state index in [0.717, 1.165) is 0 Å². The molecule has 4 nitrogen and oxygen atoms in total. The lowest BCUT2D eigenvalue weighted by atomic mass is 10.2. The Kier molecular flexibility index (Phi) is 2.89. The molecule has 9 heteroatoms. The smallest absolute Gasteiger partial charge is 0.384 e. The minimum Gasteiger partial charge on any atom is -0.384 e. The number of nitrogens with two attached hydrogens (primary N) is 1. The Balaban J connectivity index is 2.56. The Morgan fingerprint density at radius 1 is 1.28 bits per heavy atom. The lowest BCUT2D eigenvalue weighted by Gasteiger charge is -2.09. The normalized spacial score (nSPS) is 11.8. The zero-order valence-electron chi connectivity index (χ0n) is 8.52. The zero-order valence-corrected chi connectivity index (χ0v) is 9.27. The standard InChI is InChI=1S/C9H5ClF4N4/c10-4-1-3(9(12,13)14)8(11)16-7(4)5-2-6(15)18-17-5/h1-2H,(H3,15,17,18). The van der Waals surface area contributed by atoms with Gasteiger partial charge in [-0.05, 0) is 6.07 Å². The molecule has 0 unspecified atom stereocenters. The van der Waals surface area contributed by atoms with E-state index in [1.54, 1.807) is 0 Å². The average Bonchev–Trinajstić information content (AvgIpc) is 2.66. The molecule has 0 bridgehead atoms. The van der Waals surface area contributed by atoms with Gasteiger partial charge in [0.05, 0.1) is 5.02 Å². The summed E-state index contributed by atoms with van der Waals surface area (Å²) in [5.74, 6) is -1.51. The molecule has 2 heterocycles. The molecule has 0 atom stereocenters. The molecule has 2 rings (SSSR count). The van der Waals surface area contributed by atoms with Gasteiger partial charge in [0.15, 0.2) is 0 Å². The highest BCUT2D eigenvalue weighted by Crippen LogP contribution is 2.35. The van der Waals surface area contributed by atoms with Crippen molar-refractivity contribution in [1.29, 1.82) is 0 Å². The number of hydrogen-bond acceptors (Lipinski definition) is 3. The third-order valence-corrected chi connectivity index (χ3v) is 2.36. The van der Waals surface area contributed by atoms with Gasteiger partial charge in [0.1, 0.15) is 22.8 Å². The van der Waals surface area contributed by atoms with Crippen molar-refractivity contribution >= 4 is 17.4 Å². The average molecular weight is 281 g/mol. The van der Waals surface area contributed by atoms with Crippen LogP contribution in [0.3, 0.4) is 0 Å². The van der Waals surface area contributed by atoms with Crippen molar-refractivity contribution < 1.29 is 17.6 Å². The second kappa shape index (κ2) is 4.13. The number of halogens is 5. The number of nitrogens with zero attached hydrogens (tertiary/aromatic N) is 2. The number of pyridine rings is 1. The molecule has 0 amide bonds. The van der Waals surface area contributed by atoms with Crippen molar-refractivity contribution in [1.82, 2.24) is 15.2 Å². The van der Waals surface area contributed by atoms with Crippen LogP contribution in [0.15, 0.2) is 12.1 Å². The highest BCUT2D eigenvalue weighted by molar-refractivity contribution is 6.33. The summed E-state index contributed by atoms with van der Waals surface area (Å²) >= 11 is 5.63. The molecule has 2 aromatic rings. The predicted octanol–water partition coefficient (Wildman–Crippen LogP) is 2.87. The summed E-state index contributed by atoms with van der Waals surface area (Å²) in [5, 5.41) is 5.61. The molecule has 0 aromatic carbocycles. The molecule has 0 radical (unpaired) electrons. The van der Waals surface area contributed by atoms with E-state index >= 15 is 0 Å². The first-order chi connectivity index (χ1) is 8.29. The number of rotatable bonds is 1. The number of nitrogens with one attached hydrogen (secondary N) is 1. The van der Waals surface area contributed by atoms with Crippen LogP contribution < -0.4 is 5.73 Å². The van der Waals surface area contributed by atoms with Crippen molar-refractivity contribution in [2.75, 3.05) is 5.73 Å². The number of alkyl halides is 3. The Morgan fingerprint density at radius 2 is 1.94 bits per heavy atom. The van der Waals surface area contributed by atoms with Crippen LogP contribution in [0.5, 0.6) is 0 Å². The molecule has 3 N–H and O–H groups in total. The number of nitrogen functional groups attached to an aromatic ring is 1. The molecule has 0 fully saturated rings. The molecule has 0 aliphatic rings. The number of hydrogen-bond donors (Lipinski definition) is 2. The lowest BCUT2D eigenvalue weighted by Crippen LogP contribution is -2.10. The quantitative estimate of drug-likeness (QED) is 0.623. The van der Waals surface area contributed by atoms with Crippen molar-refractivity contribution in [2.24, 2.45) is 0 Å². The van der Waals surface area contributed by atoms with Crippen LogP contribution in [0.2, 0.25) is 5.02 Å². The van der Waals surface area contributed by atoms with E-state index in [1.807, 2.05) is 0 Å². The van der Waals surface area contributed by atoms with Gasteiger partial charge in [-0.25, -0.2) is 4.98 Å². The molecule has 0 saturated heterocycles. The highest BCUT2D eigenvalue weighted by Gasteiger charge is 2.36. The molecule has 0 saturated carbocycles. The second-order valence-electron chi connectivity index (χ2n) is 3.36. The third kappa shape index (κ3) is 2.23. The van der Waals surface area contributed by atoms with Crippen LogP contribution in [0.4, 0.5) is 23.4 Å². The van der Waals surface area contributed by atoms with Crippen molar-refractivity contribution in [3.63, 3.8) is 0 Å². The monoisotopic (exact) mass is 280 g/mol. The van der Waals surface area contributed by atoms with E-state index in [0.29, 0.717) is 6.07 Å². The molecule has 0 aliphatic carbocycles. The molecule has 2 aromatic heterocycles. The summed E-state index contributed by atoms with van der Waals surface area (Å²) in [6.45, 7) is 0. The van der Waals surface area contributed by atoms with Gasteiger partial charge in [-0.2, -0.15) is 22.7 Å². The third-order valence-electron chi connectivity index (χ3n) is 2.08. The van der Waals surface area contributed by atoms with Gasteiger partial charge in [-0.15, -0.1) is 0 Å². The first kappa shape index (κ1) is 12.6. The van der Waals surface area contributed by atoms with E-state index < -0.39 is 17.7 Å². The van der Waals surface area contributed by atoms with Gasteiger partial charge in [-0.1, -0.05) is 11.6 Å². The summed E-state index contributed by atoms with van der Waals surface area (Å²) in [6.07, 6.45) is -4.86. The van der Waals surface area contributed by atoms with Crippen LogP contribution in [0.25, 0.3) is 11.4 Å². The molecule has 0 spiro atoms. The number of H-pyrrole nitrogens is 1. The Bertz CT molecular complexity index is 593. The van der Waals surface area contributed by atoms with Gasteiger partial charge in [-0.3, -0.25) is 5.10 Å². The number of aromatic nitrogens is 3. The fraction of sp³-hybridized carbons (Fsp3) is 0.111. The first-order valence-corrected chi connectivity index (χ1v) is 4.91. The summed E-state index contributed by atoms with van der Waals surface area (Å²) < 4.78 is 50.4. The minimum absolute atomic E-state index is 0.0603. The van der Waals surface area contributed by atoms with E-state index in [2.05, 4.69) is 15.2 Å². The van der Waals surface area contributed by atoms with Crippen LogP contribution in [-0.4, -0.2) is 15.2 Å². The molecule has 18 heavy (non-hydrogen) atoms. The number of aromatic amines is 1. The predicted molar refractivity (Wildman–Crippen MR) is 56.2 cm³/mol. The Morgan fingerprint density at radius 3 is 2.44 bits per heavy atom. The molecule has 96 valence electrons. The maximum Gasteiger partial charge on any atom is 0.420 e. The highest BCUT2D eigenvalue weighted by atomic mass is 35.5. The molecular formula is C9H5ClF4N4. The van der Waals surface area contributed by atoms with E-state index in [9.17, 15) is 17.6 Å². The van der Waals surface area contributed by atoms with Gasteiger partial charge < -0.3 is 5.73 Å². The first-order valence-electron chi connectivity index (χ1n) is 4.53. The summed E-state index contributed by atoms with van der Waals surface area (Å²) in [4.78, 5) is 3.17. The van der Waals surface area contributed by atoms with Crippen LogP contribution >= 0.6 is 11.6 Å². The topological polar surface area (TPSA) is 67.6 Å². The lowest BCUT2D eigenvalue weighted by molar-refractivity contribution is -0.140. The van der Waals surface area contributed by atoms with E-state index in [4.69, 9.17) is 17.3 Å². The minimum atomic E-state index is -4.86. The van der Waals surface area contributed by atoms with Crippen molar-refractivity contribution in [3.8, 4) is 11.4 Å². The Hall–Kier alpha value is -1.83. The van der Waals surface area contributed by atoms with E-state index in [1.165, 1.54) is 6.07 Å². The Labute approximate surface area is 103 Å². The fourth-order valence-electron chi connectivity index (χ4n) is 1.30. The van der Waals surface area contributed by atoms with Crippen LogP contribution in [-0.2, 0) is 6.18 Å². The number of anilines is 1. The van der Waals surface area contributed by atoms with Crippen LogP contribution in [0, 0.1) is 5.95 Å². The largest absolute Gasteiger partial charge is 0.420 e. The second-order valence-corrected chi connectivity index (χ2v) is 3.77. The summed E-state index contributed by atoms with van der Waals surface area (Å²) in [6, 6.07) is 1.74. The molecular weight excluding hydrogens is 276 g/mol. The van der Waals surface area contributed by atoms with Gasteiger partial charge >= 0.3 is 6.18 Å². The summed E-state index contributed by atoms with van der Waals surface area (Å²) in [7, 11) is 0. The van der Waals surface area contributed by atoms with Gasteiger partial charge in [0, 0.05) is 6.07 Å². The van der Waals surface area contributed by atoms with E-state index in [-0.39, 0.29) is 22.2 Å². The van der Waals surface area contributed by atoms with Crippen molar-refractivity contribution in [3.05, 3.63) is 28.7 Å². The fourth-order valence-corrected chi connectivity index (χ4v) is 1.55.